The highest BCUT2D eigenvalue weighted by atomic mass is 32.2. The first kappa shape index (κ1) is 14.4. The van der Waals surface area contributed by atoms with Crippen LogP contribution in [0.2, 0.25) is 0 Å². The summed E-state index contributed by atoms with van der Waals surface area (Å²) >= 11 is 0. The Hall–Kier alpha value is -1.67. The molecule has 0 atom stereocenters. The predicted octanol–water partition coefficient (Wildman–Crippen LogP) is -0.171. The molecule has 100 valence electrons. The highest BCUT2D eigenvalue weighted by Gasteiger charge is 2.11. The number of sulfonamides is 1. The number of hydrogen-bond acceptors (Lipinski definition) is 6. The zero-order valence-electron chi connectivity index (χ0n) is 10.1. The molecule has 0 aliphatic carbocycles. The van der Waals surface area contributed by atoms with E-state index in [9.17, 15) is 13.2 Å². The number of carbonyl (C=O) groups is 1. The zero-order chi connectivity index (χ0) is 13.6. The summed E-state index contributed by atoms with van der Waals surface area (Å²) in [5, 5.41) is 2.86. The minimum Gasteiger partial charge on any atom is -0.465 e. The molecular formula is C10H15N3O4S. The molecule has 8 heteroatoms. The van der Waals surface area contributed by atoms with Crippen LogP contribution < -0.4 is 10.0 Å². The van der Waals surface area contributed by atoms with E-state index in [2.05, 4.69) is 19.8 Å². The molecule has 1 aromatic heterocycles. The van der Waals surface area contributed by atoms with Crippen molar-refractivity contribution >= 4 is 21.8 Å². The highest BCUT2D eigenvalue weighted by molar-refractivity contribution is 7.88. The molecule has 0 saturated carbocycles. The normalized spacial score (nSPS) is 11.0. The van der Waals surface area contributed by atoms with E-state index in [-0.39, 0.29) is 6.54 Å². The summed E-state index contributed by atoms with van der Waals surface area (Å²) in [4.78, 5) is 15.4. The molecule has 1 aromatic rings. The molecule has 1 rings (SSSR count). The van der Waals surface area contributed by atoms with Crippen LogP contribution in [-0.2, 0) is 14.8 Å². The van der Waals surface area contributed by atoms with Crippen LogP contribution in [-0.4, -0.2) is 45.8 Å². The number of nitrogens with zero attached hydrogens (tertiary/aromatic N) is 1. The Morgan fingerprint density at radius 3 is 2.78 bits per heavy atom. The maximum absolute atomic E-state index is 11.4. The molecule has 1 heterocycles. The first-order chi connectivity index (χ1) is 8.44. The monoisotopic (exact) mass is 273 g/mol. The lowest BCUT2D eigenvalue weighted by atomic mass is 10.2. The van der Waals surface area contributed by atoms with E-state index >= 15 is 0 Å². The molecule has 0 aromatic carbocycles. The van der Waals surface area contributed by atoms with Crippen molar-refractivity contribution in [1.82, 2.24) is 9.71 Å². The molecular weight excluding hydrogens is 258 g/mol. The van der Waals surface area contributed by atoms with Gasteiger partial charge >= 0.3 is 5.97 Å². The van der Waals surface area contributed by atoms with E-state index in [0.29, 0.717) is 17.9 Å². The van der Waals surface area contributed by atoms with Crippen molar-refractivity contribution in [1.29, 1.82) is 0 Å². The number of nitrogens with one attached hydrogen (secondary N) is 2. The second-order valence-corrected chi connectivity index (χ2v) is 5.32. The molecule has 0 saturated heterocycles. The van der Waals surface area contributed by atoms with Gasteiger partial charge in [-0.2, -0.15) is 0 Å². The Bertz CT molecular complexity index is 516. The maximum atomic E-state index is 11.4. The van der Waals surface area contributed by atoms with Gasteiger partial charge in [0.05, 0.1) is 13.4 Å². The lowest BCUT2D eigenvalue weighted by Crippen LogP contribution is -2.28. The summed E-state index contributed by atoms with van der Waals surface area (Å²) in [6.07, 6.45) is 2.60. The van der Waals surface area contributed by atoms with Gasteiger partial charge in [0.25, 0.3) is 0 Å². The average Bonchev–Trinajstić information content (AvgIpc) is 2.33. The molecule has 7 nitrogen and oxygen atoms in total. The number of esters is 1. The second kappa shape index (κ2) is 6.31. The van der Waals surface area contributed by atoms with Crippen molar-refractivity contribution in [2.24, 2.45) is 0 Å². The summed E-state index contributed by atoms with van der Waals surface area (Å²) < 4.78 is 28.6. The molecule has 0 fully saturated rings. The van der Waals surface area contributed by atoms with Crippen molar-refractivity contribution < 1.29 is 17.9 Å². The number of pyridine rings is 1. The number of hydrogen-bond donors (Lipinski definition) is 2. The maximum Gasteiger partial charge on any atom is 0.341 e. The average molecular weight is 273 g/mol. The van der Waals surface area contributed by atoms with Crippen molar-refractivity contribution in [3.05, 3.63) is 23.9 Å². The number of ether oxygens (including phenoxy) is 1. The molecule has 0 unspecified atom stereocenters. The molecule has 0 bridgehead atoms. The van der Waals surface area contributed by atoms with Crippen LogP contribution in [0.5, 0.6) is 0 Å². The number of carbonyl (C=O) groups excluding carboxylic acids is 1. The standard InChI is InChI=1S/C10H15N3O4S/c1-17-10(14)8-4-3-5-11-9(8)12-6-7-13-18(2,15)16/h3-5,13H,6-7H2,1-2H3,(H,11,12). The smallest absolute Gasteiger partial charge is 0.341 e. The lowest BCUT2D eigenvalue weighted by molar-refractivity contribution is 0.0601. The van der Waals surface area contributed by atoms with Crippen LogP contribution in [0.3, 0.4) is 0 Å². The minimum atomic E-state index is -3.21. The van der Waals surface area contributed by atoms with Crippen molar-refractivity contribution in [2.75, 3.05) is 31.8 Å². The summed E-state index contributed by atoms with van der Waals surface area (Å²) in [6, 6.07) is 3.19. The number of anilines is 1. The van der Waals surface area contributed by atoms with Gasteiger partial charge in [-0.15, -0.1) is 0 Å². The van der Waals surface area contributed by atoms with Crippen molar-refractivity contribution in [2.45, 2.75) is 0 Å². The van der Waals surface area contributed by atoms with Gasteiger partial charge in [0.2, 0.25) is 10.0 Å². The fourth-order valence-electron chi connectivity index (χ4n) is 1.24. The fourth-order valence-corrected chi connectivity index (χ4v) is 1.71. The van der Waals surface area contributed by atoms with Gasteiger partial charge < -0.3 is 10.1 Å². The third kappa shape index (κ3) is 4.68. The highest BCUT2D eigenvalue weighted by Crippen LogP contribution is 2.11. The summed E-state index contributed by atoms with van der Waals surface area (Å²) in [5.74, 6) is -0.138. The predicted molar refractivity (Wildman–Crippen MR) is 66.9 cm³/mol. The molecule has 2 N–H and O–H groups in total. The quantitative estimate of drug-likeness (QED) is 0.551. The molecule has 0 amide bonds. The van der Waals surface area contributed by atoms with Crippen LogP contribution in [0.4, 0.5) is 5.82 Å². The van der Waals surface area contributed by atoms with E-state index < -0.39 is 16.0 Å². The van der Waals surface area contributed by atoms with Gasteiger partial charge in [0, 0.05) is 19.3 Å². The molecule has 18 heavy (non-hydrogen) atoms. The Morgan fingerprint density at radius 1 is 1.44 bits per heavy atom. The second-order valence-electron chi connectivity index (χ2n) is 3.48. The Balaban J connectivity index is 2.60. The van der Waals surface area contributed by atoms with Crippen LogP contribution in [0.1, 0.15) is 10.4 Å². The van der Waals surface area contributed by atoms with Crippen LogP contribution in [0.25, 0.3) is 0 Å². The minimum absolute atomic E-state index is 0.204. The van der Waals surface area contributed by atoms with Crippen molar-refractivity contribution in [3.63, 3.8) is 0 Å². The van der Waals surface area contributed by atoms with Crippen molar-refractivity contribution in [3.8, 4) is 0 Å². The number of methoxy groups -OCH3 is 1. The van der Waals surface area contributed by atoms with Crippen LogP contribution in [0, 0.1) is 0 Å². The molecule has 0 radical (unpaired) electrons. The summed E-state index contributed by atoms with van der Waals surface area (Å²) in [5.41, 5.74) is 0.305. The third-order valence-corrected chi connectivity index (χ3v) is 2.72. The van der Waals surface area contributed by atoms with E-state index in [1.54, 1.807) is 12.1 Å². The zero-order valence-corrected chi connectivity index (χ0v) is 11.0. The van der Waals surface area contributed by atoms with Gasteiger partial charge in [-0.05, 0) is 12.1 Å². The number of aromatic nitrogens is 1. The van der Waals surface area contributed by atoms with E-state index in [1.165, 1.54) is 13.3 Å². The van der Waals surface area contributed by atoms with Gasteiger partial charge in [-0.1, -0.05) is 0 Å². The van der Waals surface area contributed by atoms with Gasteiger partial charge in [-0.25, -0.2) is 22.9 Å². The van der Waals surface area contributed by atoms with Gasteiger partial charge in [-0.3, -0.25) is 0 Å². The first-order valence-corrected chi connectivity index (χ1v) is 7.05. The van der Waals surface area contributed by atoms with E-state index in [1.807, 2.05) is 0 Å². The van der Waals surface area contributed by atoms with E-state index in [4.69, 9.17) is 0 Å². The topological polar surface area (TPSA) is 97.4 Å². The Morgan fingerprint density at radius 2 is 2.17 bits per heavy atom. The van der Waals surface area contributed by atoms with Crippen LogP contribution in [0.15, 0.2) is 18.3 Å². The van der Waals surface area contributed by atoms with Crippen LogP contribution >= 0.6 is 0 Å². The van der Waals surface area contributed by atoms with Gasteiger partial charge in [0.15, 0.2) is 0 Å². The molecule has 0 aliphatic heterocycles. The largest absolute Gasteiger partial charge is 0.465 e. The fraction of sp³-hybridized carbons (Fsp3) is 0.400. The summed E-state index contributed by atoms with van der Waals surface area (Å²) in [7, 11) is -1.93. The lowest BCUT2D eigenvalue weighted by Gasteiger charge is -2.09. The molecule has 0 spiro atoms. The summed E-state index contributed by atoms with van der Waals surface area (Å²) in [6.45, 7) is 0.518. The van der Waals surface area contributed by atoms with E-state index in [0.717, 1.165) is 6.26 Å². The SMILES string of the molecule is COC(=O)c1cccnc1NCCNS(C)(=O)=O. The molecule has 0 aliphatic rings. The third-order valence-electron chi connectivity index (χ3n) is 1.99. The van der Waals surface area contributed by atoms with Gasteiger partial charge in [0.1, 0.15) is 11.4 Å². The Labute approximate surface area is 106 Å². The Kier molecular flexibility index (Phi) is 5.05. The number of rotatable bonds is 6. The first-order valence-electron chi connectivity index (χ1n) is 5.16.